The van der Waals surface area contributed by atoms with Gasteiger partial charge in [0.25, 0.3) is 0 Å². The molecule has 1 aromatic heterocycles. The zero-order valence-corrected chi connectivity index (χ0v) is 12.1. The maximum absolute atomic E-state index is 11.6. The van der Waals surface area contributed by atoms with Crippen molar-refractivity contribution in [2.45, 2.75) is 39.3 Å². The number of nitrogens with one attached hydrogen (secondary N) is 2. The van der Waals surface area contributed by atoms with Gasteiger partial charge in [0, 0.05) is 37.8 Å². The molecular formula is C13H22N4O3. The van der Waals surface area contributed by atoms with Gasteiger partial charge in [-0.1, -0.05) is 0 Å². The number of hydrogen-bond donors (Lipinski definition) is 3. The molecule has 0 aliphatic carbocycles. The fraction of sp³-hybridized carbons (Fsp3) is 0.615. The zero-order valence-electron chi connectivity index (χ0n) is 12.1. The van der Waals surface area contributed by atoms with Crippen LogP contribution in [0.25, 0.3) is 0 Å². The Labute approximate surface area is 118 Å². The molecule has 0 saturated heterocycles. The molecule has 0 spiro atoms. The quantitative estimate of drug-likeness (QED) is 0.676. The fourth-order valence-corrected chi connectivity index (χ4v) is 1.56. The number of carboxylic acids is 1. The summed E-state index contributed by atoms with van der Waals surface area (Å²) in [5.41, 5.74) is 0.00957. The number of aromatic carboxylic acids is 1. The molecule has 1 aromatic rings. The molecule has 0 fully saturated rings. The Morgan fingerprint density at radius 2 is 2.05 bits per heavy atom. The lowest BCUT2D eigenvalue weighted by Crippen LogP contribution is -2.38. The Balaban J connectivity index is 2.19. The minimum atomic E-state index is -1.05. The molecule has 3 N–H and O–H groups in total. The van der Waals surface area contributed by atoms with E-state index in [1.54, 1.807) is 4.57 Å². The van der Waals surface area contributed by atoms with Crippen LogP contribution in [-0.4, -0.2) is 45.2 Å². The highest BCUT2D eigenvalue weighted by Gasteiger charge is 2.09. The van der Waals surface area contributed by atoms with Crippen LogP contribution in [0.3, 0.4) is 0 Å². The molecule has 0 aliphatic rings. The first kappa shape index (κ1) is 16.2. The topological polar surface area (TPSA) is 96.3 Å². The third kappa shape index (κ3) is 6.33. The number of hydrogen-bond acceptors (Lipinski definition) is 4. The Morgan fingerprint density at radius 1 is 1.35 bits per heavy atom. The Bertz CT molecular complexity index is 462. The lowest BCUT2D eigenvalue weighted by molar-refractivity contribution is -0.121. The maximum atomic E-state index is 11.6. The summed E-state index contributed by atoms with van der Waals surface area (Å²) >= 11 is 0. The lowest BCUT2D eigenvalue weighted by Gasteiger charge is -2.20. The fourth-order valence-electron chi connectivity index (χ4n) is 1.56. The molecule has 1 heterocycles. The summed E-state index contributed by atoms with van der Waals surface area (Å²) in [6.45, 7) is 7.71. The summed E-state index contributed by atoms with van der Waals surface area (Å²) in [5, 5.41) is 14.7. The zero-order chi connectivity index (χ0) is 15.2. The monoisotopic (exact) mass is 282 g/mol. The van der Waals surface area contributed by atoms with Crippen molar-refractivity contribution in [3.8, 4) is 0 Å². The van der Waals surface area contributed by atoms with E-state index in [0.717, 1.165) is 0 Å². The van der Waals surface area contributed by atoms with E-state index in [4.69, 9.17) is 5.11 Å². The third-order valence-corrected chi connectivity index (χ3v) is 2.55. The minimum Gasteiger partial charge on any atom is -0.476 e. The highest BCUT2D eigenvalue weighted by molar-refractivity contribution is 5.84. The summed E-state index contributed by atoms with van der Waals surface area (Å²) in [7, 11) is 0. The second kappa shape index (κ2) is 7.04. The molecule has 112 valence electrons. The van der Waals surface area contributed by atoms with Crippen LogP contribution in [0, 0.1) is 0 Å². The summed E-state index contributed by atoms with van der Waals surface area (Å²) in [4.78, 5) is 25.9. The Hall–Kier alpha value is -1.89. The van der Waals surface area contributed by atoms with Crippen LogP contribution in [0.5, 0.6) is 0 Å². The number of carbonyl (C=O) groups is 2. The van der Waals surface area contributed by atoms with E-state index >= 15 is 0 Å². The van der Waals surface area contributed by atoms with Crippen molar-refractivity contribution in [3.63, 3.8) is 0 Å². The Kier molecular flexibility index (Phi) is 5.69. The largest absolute Gasteiger partial charge is 0.476 e. The Morgan fingerprint density at radius 3 is 2.60 bits per heavy atom. The highest BCUT2D eigenvalue weighted by Crippen LogP contribution is 1.98. The first-order chi connectivity index (χ1) is 9.28. The molecule has 0 saturated carbocycles. The van der Waals surface area contributed by atoms with E-state index < -0.39 is 5.97 Å². The van der Waals surface area contributed by atoms with Crippen LogP contribution in [0.2, 0.25) is 0 Å². The van der Waals surface area contributed by atoms with Gasteiger partial charge < -0.3 is 20.3 Å². The number of carboxylic acid groups (broad SMARTS) is 1. The van der Waals surface area contributed by atoms with Crippen molar-refractivity contribution in [2.24, 2.45) is 0 Å². The summed E-state index contributed by atoms with van der Waals surface area (Å²) in [6.07, 6.45) is 3.30. The normalized spacial score (nSPS) is 11.3. The SMILES string of the molecule is CC(C)(C)NCCC(=O)NCCn1cnc(C(=O)O)c1. The van der Waals surface area contributed by atoms with Gasteiger partial charge in [-0.05, 0) is 20.8 Å². The van der Waals surface area contributed by atoms with E-state index in [-0.39, 0.29) is 17.1 Å². The second-order valence-corrected chi connectivity index (χ2v) is 5.58. The van der Waals surface area contributed by atoms with Gasteiger partial charge in [-0.25, -0.2) is 9.78 Å². The van der Waals surface area contributed by atoms with Crippen LogP contribution >= 0.6 is 0 Å². The van der Waals surface area contributed by atoms with Gasteiger partial charge >= 0.3 is 5.97 Å². The lowest BCUT2D eigenvalue weighted by atomic mass is 10.1. The van der Waals surface area contributed by atoms with Crippen molar-refractivity contribution < 1.29 is 14.7 Å². The van der Waals surface area contributed by atoms with Crippen molar-refractivity contribution in [3.05, 3.63) is 18.2 Å². The minimum absolute atomic E-state index is 0.00429. The number of imidazole rings is 1. The predicted octanol–water partition coefficient (Wildman–Crippen LogP) is 0.476. The van der Waals surface area contributed by atoms with E-state index in [1.165, 1.54) is 12.5 Å². The van der Waals surface area contributed by atoms with Crippen LogP contribution in [0.4, 0.5) is 0 Å². The van der Waals surface area contributed by atoms with Crippen LogP contribution in [-0.2, 0) is 11.3 Å². The number of amides is 1. The van der Waals surface area contributed by atoms with Crippen molar-refractivity contribution in [2.75, 3.05) is 13.1 Å². The second-order valence-electron chi connectivity index (χ2n) is 5.58. The molecular weight excluding hydrogens is 260 g/mol. The van der Waals surface area contributed by atoms with Gasteiger partial charge in [0.1, 0.15) is 0 Å². The first-order valence-corrected chi connectivity index (χ1v) is 6.55. The standard InChI is InChI=1S/C13H22N4O3/c1-13(2,3)16-5-4-11(18)14-6-7-17-8-10(12(19)20)15-9-17/h8-9,16H,4-7H2,1-3H3,(H,14,18)(H,19,20). The molecule has 20 heavy (non-hydrogen) atoms. The molecule has 0 bridgehead atoms. The van der Waals surface area contributed by atoms with Gasteiger partial charge in [-0.15, -0.1) is 0 Å². The average Bonchev–Trinajstić information content (AvgIpc) is 2.76. The van der Waals surface area contributed by atoms with Crippen LogP contribution in [0.15, 0.2) is 12.5 Å². The molecule has 0 aromatic carbocycles. The van der Waals surface area contributed by atoms with Gasteiger partial charge in [-0.3, -0.25) is 4.79 Å². The highest BCUT2D eigenvalue weighted by atomic mass is 16.4. The van der Waals surface area contributed by atoms with Crippen LogP contribution < -0.4 is 10.6 Å². The summed E-state index contributed by atoms with van der Waals surface area (Å²) < 4.78 is 1.64. The van der Waals surface area contributed by atoms with E-state index in [2.05, 4.69) is 15.6 Å². The maximum Gasteiger partial charge on any atom is 0.356 e. The van der Waals surface area contributed by atoms with Crippen molar-refractivity contribution in [1.82, 2.24) is 20.2 Å². The van der Waals surface area contributed by atoms with Gasteiger partial charge in [0.15, 0.2) is 5.69 Å². The molecule has 1 rings (SSSR count). The number of carbonyl (C=O) groups excluding carboxylic acids is 1. The van der Waals surface area contributed by atoms with Crippen molar-refractivity contribution >= 4 is 11.9 Å². The van der Waals surface area contributed by atoms with Crippen molar-refractivity contribution in [1.29, 1.82) is 0 Å². The van der Waals surface area contributed by atoms with Gasteiger partial charge in [0.2, 0.25) is 5.91 Å². The van der Waals surface area contributed by atoms with E-state index in [1.807, 2.05) is 20.8 Å². The van der Waals surface area contributed by atoms with Crippen LogP contribution in [0.1, 0.15) is 37.7 Å². The predicted molar refractivity (Wildman–Crippen MR) is 74.6 cm³/mol. The number of rotatable bonds is 7. The first-order valence-electron chi connectivity index (χ1n) is 6.55. The molecule has 7 heteroatoms. The van der Waals surface area contributed by atoms with E-state index in [9.17, 15) is 9.59 Å². The van der Waals surface area contributed by atoms with Gasteiger partial charge in [0.05, 0.1) is 6.33 Å². The molecule has 1 amide bonds. The molecule has 0 radical (unpaired) electrons. The summed E-state index contributed by atoms with van der Waals surface area (Å²) in [6, 6.07) is 0. The van der Waals surface area contributed by atoms with Gasteiger partial charge in [-0.2, -0.15) is 0 Å². The number of nitrogens with zero attached hydrogens (tertiary/aromatic N) is 2. The molecule has 0 aliphatic heterocycles. The third-order valence-electron chi connectivity index (χ3n) is 2.55. The molecule has 0 atom stereocenters. The smallest absolute Gasteiger partial charge is 0.356 e. The van der Waals surface area contributed by atoms with E-state index in [0.29, 0.717) is 26.1 Å². The summed E-state index contributed by atoms with van der Waals surface area (Å²) in [5.74, 6) is -1.08. The average molecular weight is 282 g/mol. The molecule has 7 nitrogen and oxygen atoms in total. The number of aromatic nitrogens is 2. The molecule has 0 unspecified atom stereocenters.